The van der Waals surface area contributed by atoms with Gasteiger partial charge < -0.3 is 28.6 Å². The van der Waals surface area contributed by atoms with E-state index in [1.165, 1.54) is 11.1 Å². The Morgan fingerprint density at radius 2 is 0.923 bits per heavy atom. The molecule has 0 atom stereocenters. The highest BCUT2D eigenvalue weighted by Gasteiger charge is 2.11. The Hall–Kier alpha value is -4.00. The number of nitrogens with zero attached hydrogens (tertiary/aromatic N) is 1. The highest BCUT2D eigenvalue weighted by Crippen LogP contribution is 2.24. The van der Waals surface area contributed by atoms with Crippen molar-refractivity contribution in [1.82, 2.24) is 0 Å². The van der Waals surface area contributed by atoms with Gasteiger partial charge in [0, 0.05) is 18.8 Å². The van der Waals surface area contributed by atoms with Crippen molar-refractivity contribution in [3.8, 4) is 17.2 Å². The number of rotatable bonds is 15. The van der Waals surface area contributed by atoms with E-state index in [0.29, 0.717) is 26.4 Å². The Bertz CT molecular complexity index is 1240. The van der Waals surface area contributed by atoms with E-state index in [1.54, 1.807) is 21.3 Å². The molecule has 0 amide bonds. The number of hydrogen-bond donors (Lipinski definition) is 0. The molecule has 6 heteroatoms. The van der Waals surface area contributed by atoms with Crippen molar-refractivity contribution in [1.29, 1.82) is 0 Å². The fourth-order valence-corrected chi connectivity index (χ4v) is 4.28. The maximum absolute atomic E-state index is 5.85. The maximum Gasteiger partial charge on any atom is 0.119 e. The van der Waals surface area contributed by atoms with Crippen LogP contribution in [0, 0.1) is 0 Å². The Morgan fingerprint density at radius 1 is 0.487 bits per heavy atom. The molecule has 0 aliphatic rings. The highest BCUT2D eigenvalue weighted by atomic mass is 16.5. The second-order valence-electron chi connectivity index (χ2n) is 9.18. The standard InChI is InChI=1S/C33H37NO5/c1-35-31-10-4-7-27(19-31)22-34(23-28-8-5-11-32(20-28)36-2)30-15-13-26(14-16-30)24-38-17-18-39-25-29-9-6-12-33(21-29)37-3/h4-16,19-21H,17-18,22-25H2,1-3H3. The average molecular weight is 528 g/mol. The SMILES string of the molecule is COc1cccc(COCCOCc2ccc(N(Cc3cccc(OC)c3)Cc3cccc(OC)c3)cc2)c1. The molecule has 0 saturated carbocycles. The molecule has 0 spiro atoms. The topological polar surface area (TPSA) is 49.4 Å². The normalized spacial score (nSPS) is 10.7. The van der Waals surface area contributed by atoms with Gasteiger partial charge in [0.1, 0.15) is 17.2 Å². The van der Waals surface area contributed by atoms with Crippen molar-refractivity contribution in [2.75, 3.05) is 39.4 Å². The van der Waals surface area contributed by atoms with Gasteiger partial charge in [-0.25, -0.2) is 0 Å². The molecule has 0 aliphatic carbocycles. The molecule has 4 aromatic carbocycles. The van der Waals surface area contributed by atoms with Crippen LogP contribution in [0.25, 0.3) is 0 Å². The minimum Gasteiger partial charge on any atom is -0.497 e. The van der Waals surface area contributed by atoms with Crippen LogP contribution in [-0.2, 0) is 35.8 Å². The minimum atomic E-state index is 0.531. The number of benzene rings is 4. The van der Waals surface area contributed by atoms with Gasteiger partial charge in [-0.1, -0.05) is 48.5 Å². The molecule has 0 unspecified atom stereocenters. The number of methoxy groups -OCH3 is 3. The molecule has 0 aromatic heterocycles. The van der Waals surface area contributed by atoms with Crippen LogP contribution in [0.1, 0.15) is 22.3 Å². The predicted molar refractivity (Wildman–Crippen MR) is 155 cm³/mol. The zero-order valence-corrected chi connectivity index (χ0v) is 23.0. The van der Waals surface area contributed by atoms with Crippen molar-refractivity contribution >= 4 is 5.69 Å². The third kappa shape index (κ3) is 8.77. The molecule has 39 heavy (non-hydrogen) atoms. The van der Waals surface area contributed by atoms with Crippen LogP contribution in [0.4, 0.5) is 5.69 Å². The van der Waals surface area contributed by atoms with Gasteiger partial charge in [-0.3, -0.25) is 0 Å². The summed E-state index contributed by atoms with van der Waals surface area (Å²) in [6, 6.07) is 32.8. The Morgan fingerprint density at radius 3 is 1.41 bits per heavy atom. The molecule has 0 saturated heterocycles. The Kier molecular flexibility index (Phi) is 10.6. The van der Waals surface area contributed by atoms with Crippen molar-refractivity contribution in [3.63, 3.8) is 0 Å². The van der Waals surface area contributed by atoms with E-state index in [0.717, 1.165) is 47.2 Å². The lowest BCUT2D eigenvalue weighted by molar-refractivity contribution is 0.0338. The second-order valence-corrected chi connectivity index (χ2v) is 9.18. The first kappa shape index (κ1) is 28.0. The van der Waals surface area contributed by atoms with E-state index in [-0.39, 0.29) is 0 Å². The molecule has 4 aromatic rings. The van der Waals surface area contributed by atoms with Crippen LogP contribution in [0.5, 0.6) is 17.2 Å². The van der Waals surface area contributed by atoms with Crippen molar-refractivity contribution in [2.45, 2.75) is 26.3 Å². The fourth-order valence-electron chi connectivity index (χ4n) is 4.28. The third-order valence-electron chi connectivity index (χ3n) is 6.36. The van der Waals surface area contributed by atoms with Crippen molar-refractivity contribution in [3.05, 3.63) is 119 Å². The monoisotopic (exact) mass is 527 g/mol. The molecule has 4 rings (SSSR count). The molecule has 0 aliphatic heterocycles. The summed E-state index contributed by atoms with van der Waals surface area (Å²) in [5.41, 5.74) is 5.69. The van der Waals surface area contributed by atoms with E-state index in [1.807, 2.05) is 48.5 Å². The lowest BCUT2D eigenvalue weighted by Gasteiger charge is -2.26. The van der Waals surface area contributed by atoms with Crippen LogP contribution < -0.4 is 19.1 Å². The van der Waals surface area contributed by atoms with Crippen LogP contribution in [0.15, 0.2) is 97.1 Å². The van der Waals surface area contributed by atoms with E-state index in [9.17, 15) is 0 Å². The molecule has 0 radical (unpaired) electrons. The van der Waals surface area contributed by atoms with Gasteiger partial charge in [0.05, 0.1) is 47.8 Å². The Balaban J connectivity index is 1.33. The van der Waals surface area contributed by atoms with Crippen LogP contribution in [0.3, 0.4) is 0 Å². The molecule has 0 fully saturated rings. The molecule has 0 N–H and O–H groups in total. The lowest BCUT2D eigenvalue weighted by atomic mass is 10.1. The van der Waals surface area contributed by atoms with Gasteiger partial charge in [-0.2, -0.15) is 0 Å². The number of anilines is 1. The minimum absolute atomic E-state index is 0.531. The summed E-state index contributed by atoms with van der Waals surface area (Å²) in [5, 5.41) is 0. The van der Waals surface area contributed by atoms with E-state index in [2.05, 4.69) is 53.4 Å². The number of ether oxygens (including phenoxy) is 5. The fraction of sp³-hybridized carbons (Fsp3) is 0.273. The van der Waals surface area contributed by atoms with Crippen LogP contribution in [0.2, 0.25) is 0 Å². The van der Waals surface area contributed by atoms with Gasteiger partial charge >= 0.3 is 0 Å². The summed E-state index contributed by atoms with van der Waals surface area (Å²) in [4.78, 5) is 2.35. The first-order chi connectivity index (χ1) is 19.2. The first-order valence-corrected chi connectivity index (χ1v) is 13.0. The molecule has 6 nitrogen and oxygen atoms in total. The third-order valence-corrected chi connectivity index (χ3v) is 6.36. The second kappa shape index (κ2) is 14.8. The van der Waals surface area contributed by atoms with Crippen molar-refractivity contribution in [2.24, 2.45) is 0 Å². The molecular formula is C33H37NO5. The summed E-state index contributed by atoms with van der Waals surface area (Å²) in [6.07, 6.45) is 0. The van der Waals surface area contributed by atoms with Gasteiger partial charge in [0.25, 0.3) is 0 Å². The van der Waals surface area contributed by atoms with E-state index in [4.69, 9.17) is 23.7 Å². The first-order valence-electron chi connectivity index (χ1n) is 13.0. The highest BCUT2D eigenvalue weighted by molar-refractivity contribution is 5.49. The zero-order valence-electron chi connectivity index (χ0n) is 23.0. The molecule has 204 valence electrons. The van der Waals surface area contributed by atoms with Crippen LogP contribution >= 0.6 is 0 Å². The van der Waals surface area contributed by atoms with Gasteiger partial charge in [-0.05, 0) is 70.8 Å². The summed E-state index contributed by atoms with van der Waals surface area (Å²) in [5.74, 6) is 2.55. The van der Waals surface area contributed by atoms with E-state index >= 15 is 0 Å². The Labute approximate surface area is 231 Å². The molecule has 0 heterocycles. The summed E-state index contributed by atoms with van der Waals surface area (Å²) in [6.45, 7) is 3.62. The zero-order chi connectivity index (χ0) is 27.3. The number of hydrogen-bond acceptors (Lipinski definition) is 6. The maximum atomic E-state index is 5.85. The van der Waals surface area contributed by atoms with Gasteiger partial charge in [0.2, 0.25) is 0 Å². The van der Waals surface area contributed by atoms with E-state index < -0.39 is 0 Å². The average Bonchev–Trinajstić information content (AvgIpc) is 2.99. The van der Waals surface area contributed by atoms with Crippen LogP contribution in [-0.4, -0.2) is 34.5 Å². The largest absolute Gasteiger partial charge is 0.497 e. The smallest absolute Gasteiger partial charge is 0.119 e. The summed E-state index contributed by atoms with van der Waals surface area (Å²) >= 11 is 0. The molecular weight excluding hydrogens is 490 g/mol. The quantitative estimate of drug-likeness (QED) is 0.161. The lowest BCUT2D eigenvalue weighted by Crippen LogP contribution is -2.22. The van der Waals surface area contributed by atoms with Gasteiger partial charge in [0.15, 0.2) is 0 Å². The van der Waals surface area contributed by atoms with Gasteiger partial charge in [-0.15, -0.1) is 0 Å². The summed E-state index contributed by atoms with van der Waals surface area (Å²) in [7, 11) is 5.06. The summed E-state index contributed by atoms with van der Waals surface area (Å²) < 4.78 is 27.7. The predicted octanol–water partition coefficient (Wildman–Crippen LogP) is 6.65. The molecule has 0 bridgehead atoms. The van der Waals surface area contributed by atoms with Crippen molar-refractivity contribution < 1.29 is 23.7 Å².